The fourth-order valence-electron chi connectivity index (χ4n) is 2.82. The lowest BCUT2D eigenvalue weighted by molar-refractivity contribution is -0.159. The lowest BCUT2D eigenvalue weighted by Gasteiger charge is -2.26. The highest BCUT2D eigenvalue weighted by Crippen LogP contribution is 2.47. The van der Waals surface area contributed by atoms with Crippen molar-refractivity contribution in [3.8, 4) is 0 Å². The highest BCUT2D eigenvalue weighted by Gasteiger charge is 2.62. The van der Waals surface area contributed by atoms with E-state index in [1.807, 2.05) is 0 Å². The molecule has 2 rings (SSSR count). The second-order valence-corrected chi connectivity index (χ2v) is 4.46. The molecule has 5 atom stereocenters. The molecule has 2 saturated heterocycles. The predicted octanol–water partition coefficient (Wildman–Crippen LogP) is -0.262. The Kier molecular flexibility index (Phi) is 3.25. The smallest absolute Gasteiger partial charge is 0.311 e. The summed E-state index contributed by atoms with van der Waals surface area (Å²) in [6, 6.07) is 0. The molecule has 2 heterocycles. The standard InChI is InChI=1S/C11H14O7/c1-2-17-11(16)4-3-5-6(9(12)13)7(10(14)15)8(4)18-5/h4-8H,2-3H2,1H3,(H,12,13)(H,14,15)/t4-,5-,6-,7-,8+/m1/s1. The van der Waals surface area contributed by atoms with E-state index in [9.17, 15) is 14.4 Å². The van der Waals surface area contributed by atoms with Gasteiger partial charge in [-0.1, -0.05) is 0 Å². The highest BCUT2D eigenvalue weighted by atomic mass is 16.5. The summed E-state index contributed by atoms with van der Waals surface area (Å²) >= 11 is 0. The van der Waals surface area contributed by atoms with E-state index in [1.54, 1.807) is 6.92 Å². The van der Waals surface area contributed by atoms with Gasteiger partial charge in [-0.2, -0.15) is 0 Å². The van der Waals surface area contributed by atoms with E-state index in [0.717, 1.165) is 0 Å². The molecule has 100 valence electrons. The van der Waals surface area contributed by atoms with Gasteiger partial charge < -0.3 is 19.7 Å². The molecule has 2 N–H and O–H groups in total. The first-order chi connectivity index (χ1) is 8.47. The SMILES string of the molecule is CCOC(=O)[C@@H]1C[C@H]2O[C@@H]1[C@H](C(=O)O)[C@@H]2C(=O)O. The van der Waals surface area contributed by atoms with Crippen LogP contribution in [0, 0.1) is 17.8 Å². The summed E-state index contributed by atoms with van der Waals surface area (Å²) in [5, 5.41) is 18.1. The molecule has 7 heteroatoms. The number of esters is 1. The second-order valence-electron chi connectivity index (χ2n) is 4.46. The Morgan fingerprint density at radius 1 is 1.22 bits per heavy atom. The maximum Gasteiger partial charge on any atom is 0.311 e. The first-order valence-electron chi connectivity index (χ1n) is 5.75. The highest BCUT2D eigenvalue weighted by molar-refractivity contribution is 5.84. The average molecular weight is 258 g/mol. The first-order valence-corrected chi connectivity index (χ1v) is 5.75. The normalized spacial score (nSPS) is 37.5. The van der Waals surface area contributed by atoms with Crippen molar-refractivity contribution in [2.75, 3.05) is 6.61 Å². The Bertz CT molecular complexity index is 391. The molecule has 0 amide bonds. The molecule has 0 aliphatic carbocycles. The summed E-state index contributed by atoms with van der Waals surface area (Å²) in [6.07, 6.45) is -1.40. The lowest BCUT2D eigenvalue weighted by atomic mass is 9.74. The van der Waals surface area contributed by atoms with E-state index in [2.05, 4.69) is 0 Å². The molecule has 0 spiro atoms. The molecule has 2 fully saturated rings. The molecule has 0 saturated carbocycles. The van der Waals surface area contributed by atoms with Crippen molar-refractivity contribution in [3.05, 3.63) is 0 Å². The third-order valence-corrected chi connectivity index (χ3v) is 3.52. The van der Waals surface area contributed by atoms with Crippen LogP contribution in [0.3, 0.4) is 0 Å². The van der Waals surface area contributed by atoms with Crippen molar-refractivity contribution in [2.45, 2.75) is 25.6 Å². The van der Waals surface area contributed by atoms with Crippen LogP contribution in [0.5, 0.6) is 0 Å². The number of ether oxygens (including phenoxy) is 2. The zero-order valence-corrected chi connectivity index (χ0v) is 9.74. The molecule has 2 aliphatic rings. The molecule has 2 bridgehead atoms. The summed E-state index contributed by atoms with van der Waals surface area (Å²) < 4.78 is 10.2. The molecule has 7 nitrogen and oxygen atoms in total. The van der Waals surface area contributed by atoms with Crippen molar-refractivity contribution in [3.63, 3.8) is 0 Å². The minimum atomic E-state index is -1.25. The number of carbonyl (C=O) groups excluding carboxylic acids is 1. The van der Waals surface area contributed by atoms with Crippen LogP contribution in [0.2, 0.25) is 0 Å². The van der Waals surface area contributed by atoms with Crippen LogP contribution in [0.1, 0.15) is 13.3 Å². The Balaban J connectivity index is 2.19. The molecule has 0 radical (unpaired) electrons. The molecule has 18 heavy (non-hydrogen) atoms. The average Bonchev–Trinajstić information content (AvgIpc) is 2.85. The van der Waals surface area contributed by atoms with E-state index >= 15 is 0 Å². The molecule has 2 aliphatic heterocycles. The molecule has 0 aromatic carbocycles. The van der Waals surface area contributed by atoms with Crippen molar-refractivity contribution in [1.29, 1.82) is 0 Å². The van der Waals surface area contributed by atoms with Gasteiger partial charge in [-0.3, -0.25) is 14.4 Å². The summed E-state index contributed by atoms with van der Waals surface area (Å²) in [5.41, 5.74) is 0. The van der Waals surface area contributed by atoms with Gasteiger partial charge in [-0.05, 0) is 13.3 Å². The minimum absolute atomic E-state index is 0.201. The molecule has 0 aromatic heterocycles. The van der Waals surface area contributed by atoms with Gasteiger partial charge in [-0.15, -0.1) is 0 Å². The zero-order valence-electron chi connectivity index (χ0n) is 9.74. The van der Waals surface area contributed by atoms with Crippen molar-refractivity contribution >= 4 is 17.9 Å². The Morgan fingerprint density at radius 3 is 2.33 bits per heavy atom. The predicted molar refractivity (Wildman–Crippen MR) is 55.7 cm³/mol. The van der Waals surface area contributed by atoms with E-state index in [4.69, 9.17) is 19.7 Å². The number of carboxylic acid groups (broad SMARTS) is 2. The van der Waals surface area contributed by atoms with Crippen LogP contribution < -0.4 is 0 Å². The maximum absolute atomic E-state index is 11.6. The Hall–Kier alpha value is -1.63. The van der Waals surface area contributed by atoms with Crippen molar-refractivity contribution in [2.24, 2.45) is 17.8 Å². The van der Waals surface area contributed by atoms with Crippen LogP contribution in [0.4, 0.5) is 0 Å². The van der Waals surface area contributed by atoms with Crippen molar-refractivity contribution < 1.29 is 34.1 Å². The van der Waals surface area contributed by atoms with E-state index < -0.39 is 47.9 Å². The van der Waals surface area contributed by atoms with Gasteiger partial charge in [0, 0.05) is 0 Å². The van der Waals surface area contributed by atoms with E-state index in [-0.39, 0.29) is 13.0 Å². The van der Waals surface area contributed by atoms with Gasteiger partial charge in [-0.25, -0.2) is 0 Å². The number of hydrogen-bond donors (Lipinski definition) is 2. The Morgan fingerprint density at radius 2 is 1.83 bits per heavy atom. The molecular weight excluding hydrogens is 244 g/mol. The second kappa shape index (κ2) is 4.56. The summed E-state index contributed by atoms with van der Waals surface area (Å²) in [7, 11) is 0. The van der Waals surface area contributed by atoms with E-state index in [1.165, 1.54) is 0 Å². The summed E-state index contributed by atoms with van der Waals surface area (Å²) in [5.74, 6) is -5.90. The first kappa shape index (κ1) is 12.8. The van der Waals surface area contributed by atoms with Crippen LogP contribution in [0.25, 0.3) is 0 Å². The number of aliphatic carboxylic acids is 2. The maximum atomic E-state index is 11.6. The monoisotopic (exact) mass is 258 g/mol. The van der Waals surface area contributed by atoms with Crippen LogP contribution >= 0.6 is 0 Å². The third kappa shape index (κ3) is 1.84. The van der Waals surface area contributed by atoms with Crippen LogP contribution in [-0.4, -0.2) is 46.9 Å². The van der Waals surface area contributed by atoms with Gasteiger partial charge in [0.15, 0.2) is 0 Å². The fourth-order valence-corrected chi connectivity index (χ4v) is 2.82. The van der Waals surface area contributed by atoms with Gasteiger partial charge >= 0.3 is 17.9 Å². The molecular formula is C11H14O7. The van der Waals surface area contributed by atoms with Crippen LogP contribution in [-0.2, 0) is 23.9 Å². The number of carbonyl (C=O) groups is 3. The minimum Gasteiger partial charge on any atom is -0.481 e. The zero-order chi connectivity index (χ0) is 13.4. The van der Waals surface area contributed by atoms with Gasteiger partial charge in [0.05, 0.1) is 36.6 Å². The Labute approximate surface area is 103 Å². The van der Waals surface area contributed by atoms with Crippen molar-refractivity contribution in [1.82, 2.24) is 0 Å². The van der Waals surface area contributed by atoms with E-state index in [0.29, 0.717) is 0 Å². The lowest BCUT2D eigenvalue weighted by Crippen LogP contribution is -2.44. The topological polar surface area (TPSA) is 110 Å². The number of fused-ring (bicyclic) bond motifs is 2. The van der Waals surface area contributed by atoms with Crippen LogP contribution in [0.15, 0.2) is 0 Å². The quantitative estimate of drug-likeness (QED) is 0.668. The fraction of sp³-hybridized carbons (Fsp3) is 0.727. The largest absolute Gasteiger partial charge is 0.481 e. The summed E-state index contributed by atoms with van der Waals surface area (Å²) in [4.78, 5) is 33.8. The number of rotatable bonds is 4. The van der Waals surface area contributed by atoms with Gasteiger partial charge in [0.25, 0.3) is 0 Å². The molecule has 0 unspecified atom stereocenters. The molecule has 0 aromatic rings. The van der Waals surface area contributed by atoms with Gasteiger partial charge in [0.1, 0.15) is 0 Å². The summed E-state index contributed by atoms with van der Waals surface area (Å²) in [6.45, 7) is 1.85. The number of hydrogen-bond acceptors (Lipinski definition) is 5. The van der Waals surface area contributed by atoms with Gasteiger partial charge in [0.2, 0.25) is 0 Å². The third-order valence-electron chi connectivity index (χ3n) is 3.52. The number of carboxylic acids is 2.